The van der Waals surface area contributed by atoms with Gasteiger partial charge in [0.15, 0.2) is 23.3 Å². The van der Waals surface area contributed by atoms with Crippen LogP contribution < -0.4 is 0 Å². The van der Waals surface area contributed by atoms with Gasteiger partial charge in [0.1, 0.15) is 0 Å². The highest BCUT2D eigenvalue weighted by atomic mass is 15.0. The molecule has 5 heteroatoms. The van der Waals surface area contributed by atoms with Gasteiger partial charge in [-0.3, -0.25) is 0 Å². The van der Waals surface area contributed by atoms with E-state index in [2.05, 4.69) is 363 Å². The van der Waals surface area contributed by atoms with E-state index < -0.39 is 5.41 Å². The third-order valence-corrected chi connectivity index (χ3v) is 25.7. The van der Waals surface area contributed by atoms with Crippen LogP contribution in [0.3, 0.4) is 0 Å². The van der Waals surface area contributed by atoms with Gasteiger partial charge in [-0.2, -0.15) is 0 Å². The predicted molar refractivity (Wildman–Crippen MR) is 448 cm³/mol. The average Bonchev–Trinajstić information content (AvgIpc) is 1.51. The number of rotatable bonds is 10. The summed E-state index contributed by atoms with van der Waals surface area (Å²) in [5, 5.41) is 2.35. The van der Waals surface area contributed by atoms with Gasteiger partial charge in [0.05, 0.1) is 16.8 Å². The summed E-state index contributed by atoms with van der Waals surface area (Å²) in [6.07, 6.45) is 18.8. The molecule has 109 heavy (non-hydrogen) atoms. The zero-order chi connectivity index (χ0) is 73.1. The smallest absolute Gasteiger partial charge is 0.164 e. The maximum Gasteiger partial charge on any atom is 0.164 e. The number of allylic oxidation sites excluding steroid dienone is 12. The average molecular weight is 1400 g/mol. The fourth-order valence-electron chi connectivity index (χ4n) is 20.0. The second-order valence-electron chi connectivity index (χ2n) is 32.4. The van der Waals surface area contributed by atoms with Crippen LogP contribution in [0, 0.1) is 17.8 Å². The first-order valence-corrected chi connectivity index (χ1v) is 38.7. The van der Waals surface area contributed by atoms with Gasteiger partial charge < -0.3 is 0 Å². The van der Waals surface area contributed by atoms with Gasteiger partial charge in [0, 0.05) is 49.6 Å². The maximum atomic E-state index is 5.54. The Morgan fingerprint density at radius 1 is 0.330 bits per heavy atom. The molecule has 2 aromatic heterocycles. The molecular weight excluding hydrogens is 1320 g/mol. The quantitative estimate of drug-likeness (QED) is 0.137. The zero-order valence-corrected chi connectivity index (χ0v) is 62.1. The van der Waals surface area contributed by atoms with Crippen LogP contribution in [0.4, 0.5) is 0 Å². The van der Waals surface area contributed by atoms with Gasteiger partial charge in [-0.15, -0.1) is 0 Å². The SMILES string of the molecule is CC1C2=C(C=CC1C1C=CC3=C(C1)C1(c4cc(-c5cc(-c6ccc(-c7ccccc7)cc6)nc(-c6ccc7ccccc7c6)n5)ccc43)c3ccccc3-c3ccccc31)c1ccc(-c3ccc(-c4nc(C5=CCC(C)(c6ccc7c(c6)C(C)(C)c6ccccc6-7)C=C5)nc(-c5ccccc5)n4)cc3)cc1C2(C)C. The molecule has 4 unspecified atom stereocenters. The van der Waals surface area contributed by atoms with Crippen molar-refractivity contribution in [2.75, 3.05) is 0 Å². The highest BCUT2D eigenvalue weighted by molar-refractivity contribution is 5.99. The lowest BCUT2D eigenvalue weighted by atomic mass is 9.62. The van der Waals surface area contributed by atoms with E-state index in [0.29, 0.717) is 23.3 Å². The normalized spacial score (nSPS) is 19.4. The molecular formula is C104H79N5. The molecule has 0 aliphatic heterocycles. The first-order chi connectivity index (χ1) is 53.2. The lowest BCUT2D eigenvalue weighted by Crippen LogP contribution is -2.33. The molecule has 14 aromatic rings. The maximum absolute atomic E-state index is 5.54. The van der Waals surface area contributed by atoms with E-state index >= 15 is 0 Å². The lowest BCUT2D eigenvalue weighted by Gasteiger charge is -2.40. The molecule has 12 aromatic carbocycles. The second kappa shape index (κ2) is 24.5. The third-order valence-electron chi connectivity index (χ3n) is 25.7. The number of aromatic nitrogens is 5. The summed E-state index contributed by atoms with van der Waals surface area (Å²) in [6.45, 7) is 14.5. The fourth-order valence-corrected chi connectivity index (χ4v) is 20.0. The van der Waals surface area contributed by atoms with Crippen LogP contribution in [0.1, 0.15) is 110 Å². The number of hydrogen-bond acceptors (Lipinski definition) is 5. The van der Waals surface area contributed by atoms with Crippen LogP contribution in [0.2, 0.25) is 0 Å². The number of hydrogen-bond donors (Lipinski definition) is 0. The summed E-state index contributed by atoms with van der Waals surface area (Å²) < 4.78 is 0. The van der Waals surface area contributed by atoms with E-state index in [4.69, 9.17) is 24.9 Å². The van der Waals surface area contributed by atoms with Crippen molar-refractivity contribution in [1.82, 2.24) is 24.9 Å². The van der Waals surface area contributed by atoms with Crippen LogP contribution in [-0.2, 0) is 21.7 Å². The van der Waals surface area contributed by atoms with Crippen LogP contribution in [0.25, 0.3) is 129 Å². The van der Waals surface area contributed by atoms with Crippen molar-refractivity contribution in [2.45, 2.75) is 76.0 Å². The van der Waals surface area contributed by atoms with Crippen molar-refractivity contribution in [1.29, 1.82) is 0 Å². The standard InChI is InChI=1S/C104H79N5/c1-63-78(51-52-86-85-47-43-73(58-90(85)102(4,5)96(63)86)67-35-40-70(41-36-67)98-107-97(69-24-11-8-12-25-69)108-99(109-98)71-53-55-103(6,56-54-71)77-46-50-82-79-27-15-18-30-87(79)101(2,3)91(82)61-77)74-44-48-83-84-49-45-75(60-93(84)104(92(83)59-74)88-31-19-16-28-80(88)81-29-17-20-32-89(81)104)95-62-94(68-38-33-66(34-39-68)64-21-9-7-10-22-64)105-100(106-95)76-42-37-65-23-13-14-26-72(65)57-76/h7-55,57-58,60-63,74,78H,56,59H2,1-6H3. The minimum Gasteiger partial charge on any atom is -0.228 e. The molecule has 4 atom stereocenters. The topological polar surface area (TPSA) is 64.5 Å². The van der Waals surface area contributed by atoms with Crippen molar-refractivity contribution in [3.8, 4) is 101 Å². The Kier molecular flexibility index (Phi) is 14.6. The van der Waals surface area contributed by atoms with E-state index in [-0.39, 0.29) is 34.0 Å². The minimum atomic E-state index is -0.519. The lowest BCUT2D eigenvalue weighted by molar-refractivity contribution is 0.343. The monoisotopic (exact) mass is 1400 g/mol. The Morgan fingerprint density at radius 2 is 0.826 bits per heavy atom. The van der Waals surface area contributed by atoms with Crippen molar-refractivity contribution < 1.29 is 0 Å². The highest BCUT2D eigenvalue weighted by Crippen LogP contribution is 2.66. The van der Waals surface area contributed by atoms with Gasteiger partial charge in [-0.1, -0.05) is 345 Å². The first-order valence-electron chi connectivity index (χ1n) is 38.7. The molecule has 0 saturated carbocycles. The molecule has 520 valence electrons. The van der Waals surface area contributed by atoms with Crippen molar-refractivity contribution in [3.63, 3.8) is 0 Å². The third kappa shape index (κ3) is 10.1. The molecule has 0 amide bonds. The van der Waals surface area contributed by atoms with Crippen LogP contribution in [-0.4, -0.2) is 24.9 Å². The van der Waals surface area contributed by atoms with Crippen molar-refractivity contribution in [2.24, 2.45) is 17.8 Å². The summed E-state index contributed by atoms with van der Waals surface area (Å²) in [7, 11) is 0. The molecule has 1 spiro atoms. The van der Waals surface area contributed by atoms with Crippen LogP contribution >= 0.6 is 0 Å². The summed E-state index contributed by atoms with van der Waals surface area (Å²) in [4.78, 5) is 26.6. The molecule has 0 N–H and O–H groups in total. The van der Waals surface area contributed by atoms with E-state index in [1.807, 2.05) is 6.07 Å². The molecule has 0 radical (unpaired) electrons. The number of fused-ring (bicyclic) bond motifs is 15. The van der Waals surface area contributed by atoms with E-state index in [9.17, 15) is 0 Å². The number of benzene rings is 12. The van der Waals surface area contributed by atoms with Gasteiger partial charge in [0.2, 0.25) is 0 Å². The van der Waals surface area contributed by atoms with Crippen molar-refractivity contribution in [3.05, 3.63) is 395 Å². The Balaban J connectivity index is 0.575. The summed E-state index contributed by atoms with van der Waals surface area (Å²) in [5.74, 6) is 3.50. The van der Waals surface area contributed by atoms with Gasteiger partial charge in [-0.05, 0) is 183 Å². The second-order valence-corrected chi connectivity index (χ2v) is 32.4. The summed E-state index contributed by atoms with van der Waals surface area (Å²) >= 11 is 0. The zero-order valence-electron chi connectivity index (χ0n) is 62.1. The Labute approximate surface area is 638 Å². The molecule has 5 nitrogen and oxygen atoms in total. The molecule has 0 bridgehead atoms. The van der Waals surface area contributed by atoms with Crippen LogP contribution in [0.5, 0.6) is 0 Å². The summed E-state index contributed by atoms with van der Waals surface area (Å²) in [6, 6.07) is 105. The number of nitrogens with zero attached hydrogens (tertiary/aromatic N) is 5. The molecule has 2 heterocycles. The van der Waals surface area contributed by atoms with Gasteiger partial charge in [-0.25, -0.2) is 24.9 Å². The minimum absolute atomic E-state index is 0.0656. The summed E-state index contributed by atoms with van der Waals surface area (Å²) in [5.41, 5.74) is 34.7. The Morgan fingerprint density at radius 3 is 1.52 bits per heavy atom. The Bertz CT molecular complexity index is 6330. The van der Waals surface area contributed by atoms with E-state index in [0.717, 1.165) is 68.6 Å². The molecule has 7 aliphatic rings. The largest absolute Gasteiger partial charge is 0.228 e. The van der Waals surface area contributed by atoms with E-state index in [1.165, 1.54) is 117 Å². The molecule has 0 fully saturated rings. The fraction of sp³-hybridized carbons (Fsp3) is 0.144. The molecule has 7 aliphatic carbocycles. The van der Waals surface area contributed by atoms with Crippen molar-refractivity contribution >= 4 is 27.5 Å². The first kappa shape index (κ1) is 64.8. The Hall–Kier alpha value is -12.6. The highest BCUT2D eigenvalue weighted by Gasteiger charge is 2.55. The molecule has 0 saturated heterocycles. The van der Waals surface area contributed by atoms with Gasteiger partial charge >= 0.3 is 0 Å². The van der Waals surface area contributed by atoms with E-state index in [1.54, 1.807) is 0 Å². The molecule has 21 rings (SSSR count). The predicted octanol–water partition coefficient (Wildman–Crippen LogP) is 25.3. The van der Waals surface area contributed by atoms with Crippen LogP contribution in [0.15, 0.2) is 339 Å². The van der Waals surface area contributed by atoms with Gasteiger partial charge in [0.25, 0.3) is 0 Å².